The Balaban J connectivity index is 1.67. The van der Waals surface area contributed by atoms with Gasteiger partial charge < -0.3 is 0 Å². The minimum atomic E-state index is -3.43. The molecule has 1 fully saturated rings. The molecule has 1 saturated heterocycles. The van der Waals surface area contributed by atoms with Crippen molar-refractivity contribution in [2.75, 3.05) is 45.5 Å². The van der Waals surface area contributed by atoms with Crippen LogP contribution in [-0.2, 0) is 26.6 Å². The van der Waals surface area contributed by atoms with E-state index < -0.39 is 20.0 Å². The van der Waals surface area contributed by atoms with Crippen molar-refractivity contribution in [3.63, 3.8) is 0 Å². The molecule has 1 aromatic carbocycles. The molecule has 1 aliphatic heterocycles. The fourth-order valence-electron chi connectivity index (χ4n) is 3.37. The number of piperazine rings is 1. The van der Waals surface area contributed by atoms with Crippen LogP contribution in [0.4, 0.5) is 0 Å². The zero-order chi connectivity index (χ0) is 21.9. The second-order valence-corrected chi connectivity index (χ2v) is 11.0. The molecule has 0 N–H and O–H groups in total. The van der Waals surface area contributed by atoms with E-state index in [9.17, 15) is 16.8 Å². The van der Waals surface area contributed by atoms with Crippen LogP contribution in [0.15, 0.2) is 29.2 Å². The Morgan fingerprint density at radius 2 is 1.57 bits per heavy atom. The Kier molecular flexibility index (Phi) is 6.87. The van der Waals surface area contributed by atoms with Crippen LogP contribution in [0.1, 0.15) is 19.7 Å². The SMILES string of the molecule is CCN(CC)S(=O)(=O)N1CCN(Cc2nnnn2-c2ccc(S(C)(=O)=O)cc2)CC1. The fraction of sp³-hybridized carbons (Fsp3) is 0.588. The molecule has 30 heavy (non-hydrogen) atoms. The fourth-order valence-corrected chi connectivity index (χ4v) is 5.61. The van der Waals surface area contributed by atoms with E-state index in [1.807, 2.05) is 13.8 Å². The summed E-state index contributed by atoms with van der Waals surface area (Å²) >= 11 is 0. The van der Waals surface area contributed by atoms with E-state index in [1.165, 1.54) is 20.7 Å². The van der Waals surface area contributed by atoms with Crippen molar-refractivity contribution in [1.82, 2.24) is 33.7 Å². The van der Waals surface area contributed by atoms with Crippen LogP contribution >= 0.6 is 0 Å². The number of sulfone groups is 1. The van der Waals surface area contributed by atoms with Gasteiger partial charge in [0, 0.05) is 45.5 Å². The Labute approximate surface area is 177 Å². The first kappa shape index (κ1) is 22.7. The van der Waals surface area contributed by atoms with Gasteiger partial charge >= 0.3 is 0 Å². The van der Waals surface area contributed by atoms with Crippen LogP contribution in [0.25, 0.3) is 5.69 Å². The molecule has 2 aromatic rings. The highest BCUT2D eigenvalue weighted by Crippen LogP contribution is 2.16. The molecular weight excluding hydrogens is 430 g/mol. The van der Waals surface area contributed by atoms with E-state index >= 15 is 0 Å². The Morgan fingerprint density at radius 1 is 0.967 bits per heavy atom. The lowest BCUT2D eigenvalue weighted by molar-refractivity contribution is 0.171. The maximum Gasteiger partial charge on any atom is 0.282 e. The third-order valence-electron chi connectivity index (χ3n) is 5.10. The molecule has 0 aliphatic carbocycles. The maximum absolute atomic E-state index is 12.7. The molecule has 0 amide bonds. The van der Waals surface area contributed by atoms with Crippen LogP contribution in [0.2, 0.25) is 0 Å². The summed E-state index contributed by atoms with van der Waals surface area (Å²) in [4.78, 5) is 2.33. The molecule has 0 saturated carbocycles. The number of hydrogen-bond acceptors (Lipinski definition) is 8. The molecule has 0 unspecified atom stereocenters. The quantitative estimate of drug-likeness (QED) is 0.533. The molecule has 1 aromatic heterocycles. The number of nitrogens with zero attached hydrogens (tertiary/aromatic N) is 7. The standard InChI is InChI=1S/C17H27N7O4S2/c1-4-22(5-2)30(27,28)23-12-10-21(11-13-23)14-17-18-19-20-24(17)15-6-8-16(9-7-15)29(3,25)26/h6-9H,4-5,10-14H2,1-3H3. The second kappa shape index (κ2) is 9.06. The second-order valence-electron chi connectivity index (χ2n) is 7.04. The van der Waals surface area contributed by atoms with Crippen molar-refractivity contribution < 1.29 is 16.8 Å². The van der Waals surface area contributed by atoms with Crippen molar-refractivity contribution in [3.05, 3.63) is 30.1 Å². The molecule has 0 spiro atoms. The van der Waals surface area contributed by atoms with Crippen molar-refractivity contribution in [3.8, 4) is 5.69 Å². The van der Waals surface area contributed by atoms with Gasteiger partial charge in [0.25, 0.3) is 10.2 Å². The molecule has 13 heteroatoms. The molecule has 11 nitrogen and oxygen atoms in total. The monoisotopic (exact) mass is 457 g/mol. The van der Waals surface area contributed by atoms with E-state index in [2.05, 4.69) is 20.4 Å². The van der Waals surface area contributed by atoms with Crippen LogP contribution < -0.4 is 0 Å². The third-order valence-corrected chi connectivity index (χ3v) is 8.41. The summed E-state index contributed by atoms with van der Waals surface area (Å²) in [5.41, 5.74) is 0.658. The number of aromatic nitrogens is 4. The van der Waals surface area contributed by atoms with Gasteiger partial charge in [-0.15, -0.1) is 5.10 Å². The van der Waals surface area contributed by atoms with E-state index in [4.69, 9.17) is 0 Å². The molecule has 0 atom stereocenters. The van der Waals surface area contributed by atoms with E-state index in [1.54, 1.807) is 16.8 Å². The zero-order valence-corrected chi connectivity index (χ0v) is 19.0. The van der Waals surface area contributed by atoms with E-state index in [0.29, 0.717) is 57.3 Å². The van der Waals surface area contributed by atoms with Gasteiger partial charge in [-0.05, 0) is 34.7 Å². The van der Waals surface area contributed by atoms with Gasteiger partial charge in [-0.1, -0.05) is 13.8 Å². The Hall–Kier alpha value is -1.93. The van der Waals surface area contributed by atoms with Crippen molar-refractivity contribution in [2.45, 2.75) is 25.3 Å². The molecule has 0 radical (unpaired) electrons. The molecule has 166 valence electrons. The normalized spacial score (nSPS) is 16.9. The summed E-state index contributed by atoms with van der Waals surface area (Å²) in [6.07, 6.45) is 1.16. The number of tetrazole rings is 1. The van der Waals surface area contributed by atoms with Crippen LogP contribution in [0.3, 0.4) is 0 Å². The van der Waals surface area contributed by atoms with E-state index in [0.717, 1.165) is 6.26 Å². The average molecular weight is 458 g/mol. The largest absolute Gasteiger partial charge is 0.293 e. The summed E-state index contributed by atoms with van der Waals surface area (Å²) in [6, 6.07) is 6.36. The average Bonchev–Trinajstić information content (AvgIpc) is 3.16. The highest BCUT2D eigenvalue weighted by Gasteiger charge is 2.31. The van der Waals surface area contributed by atoms with Crippen LogP contribution in [-0.4, -0.2) is 96.1 Å². The molecule has 2 heterocycles. The predicted octanol–water partition coefficient (Wildman–Crippen LogP) is -0.230. The molecule has 3 rings (SSSR count). The van der Waals surface area contributed by atoms with Gasteiger partial charge in [0.1, 0.15) is 0 Å². The molecule has 1 aliphatic rings. The van der Waals surface area contributed by atoms with Crippen LogP contribution in [0.5, 0.6) is 0 Å². The third kappa shape index (κ3) is 4.86. The maximum atomic E-state index is 12.7. The number of hydrogen-bond donors (Lipinski definition) is 0. The minimum Gasteiger partial charge on any atom is -0.293 e. The van der Waals surface area contributed by atoms with Gasteiger partial charge in [0.05, 0.1) is 17.1 Å². The van der Waals surface area contributed by atoms with Gasteiger partial charge in [0.15, 0.2) is 15.7 Å². The number of rotatable bonds is 8. The summed E-state index contributed by atoms with van der Waals surface area (Å²) in [7, 11) is -6.71. The van der Waals surface area contributed by atoms with Crippen molar-refractivity contribution in [2.24, 2.45) is 0 Å². The summed E-state index contributed by atoms with van der Waals surface area (Å²) < 4.78 is 53.1. The van der Waals surface area contributed by atoms with Gasteiger partial charge in [-0.25, -0.2) is 8.42 Å². The highest BCUT2D eigenvalue weighted by atomic mass is 32.2. The van der Waals surface area contributed by atoms with Crippen molar-refractivity contribution in [1.29, 1.82) is 0 Å². The summed E-state index contributed by atoms with van der Waals surface area (Å²) in [6.45, 7) is 6.98. The van der Waals surface area contributed by atoms with Gasteiger partial charge in [-0.2, -0.15) is 21.7 Å². The summed E-state index contributed by atoms with van der Waals surface area (Å²) in [5.74, 6) is 0.599. The van der Waals surface area contributed by atoms with Gasteiger partial charge in [-0.3, -0.25) is 4.90 Å². The smallest absolute Gasteiger partial charge is 0.282 e. The summed E-state index contributed by atoms with van der Waals surface area (Å²) in [5, 5.41) is 11.8. The molecule has 0 bridgehead atoms. The number of benzene rings is 1. The Bertz CT molecular complexity index is 1060. The first-order valence-electron chi connectivity index (χ1n) is 9.72. The minimum absolute atomic E-state index is 0.228. The van der Waals surface area contributed by atoms with Gasteiger partial charge in [0.2, 0.25) is 0 Å². The van der Waals surface area contributed by atoms with E-state index in [-0.39, 0.29) is 4.90 Å². The van der Waals surface area contributed by atoms with Crippen LogP contribution in [0, 0.1) is 0 Å². The predicted molar refractivity (Wildman–Crippen MR) is 111 cm³/mol. The lowest BCUT2D eigenvalue weighted by Crippen LogP contribution is -2.52. The van der Waals surface area contributed by atoms with Crippen molar-refractivity contribution >= 4 is 20.0 Å². The topological polar surface area (TPSA) is 122 Å². The molecular formula is C17H27N7O4S2. The highest BCUT2D eigenvalue weighted by molar-refractivity contribution is 7.90. The zero-order valence-electron chi connectivity index (χ0n) is 17.3. The lowest BCUT2D eigenvalue weighted by atomic mass is 10.3. The Morgan fingerprint density at radius 3 is 2.10 bits per heavy atom. The first-order chi connectivity index (χ1) is 14.2. The lowest BCUT2D eigenvalue weighted by Gasteiger charge is -2.35. The first-order valence-corrected chi connectivity index (χ1v) is 13.0.